The highest BCUT2D eigenvalue weighted by atomic mass is 16.3. The van der Waals surface area contributed by atoms with Gasteiger partial charge in [-0.1, -0.05) is 32.3 Å². The third-order valence-corrected chi connectivity index (χ3v) is 4.41. The largest absolute Gasteiger partial charge is 0.505 e. The van der Waals surface area contributed by atoms with E-state index in [0.717, 1.165) is 5.92 Å². The lowest BCUT2D eigenvalue weighted by molar-refractivity contribution is 0.0938. The van der Waals surface area contributed by atoms with Crippen LogP contribution in [-0.2, 0) is 0 Å². The van der Waals surface area contributed by atoms with E-state index in [-0.39, 0.29) is 22.9 Å². The van der Waals surface area contributed by atoms with Gasteiger partial charge in [-0.2, -0.15) is 0 Å². The molecular formula is C16H24N2O2. The number of aromatic hydroxyl groups is 1. The summed E-state index contributed by atoms with van der Waals surface area (Å²) < 4.78 is 0. The van der Waals surface area contributed by atoms with Crippen LogP contribution in [0.5, 0.6) is 5.75 Å². The first-order valence-electron chi connectivity index (χ1n) is 7.47. The number of phenols is 1. The summed E-state index contributed by atoms with van der Waals surface area (Å²) in [5.41, 5.74) is 6.09. The molecule has 1 aromatic carbocycles. The van der Waals surface area contributed by atoms with Gasteiger partial charge in [0.05, 0.1) is 11.3 Å². The van der Waals surface area contributed by atoms with Crippen molar-refractivity contribution in [2.75, 3.05) is 12.3 Å². The number of carbonyl (C=O) groups is 1. The second kappa shape index (κ2) is 6.64. The van der Waals surface area contributed by atoms with Crippen molar-refractivity contribution >= 4 is 11.6 Å². The number of hydrogen-bond acceptors (Lipinski definition) is 3. The fourth-order valence-corrected chi connectivity index (χ4v) is 2.92. The zero-order valence-electron chi connectivity index (χ0n) is 12.1. The number of phenolic OH excluding ortho intramolecular Hbond substituents is 1. The van der Waals surface area contributed by atoms with Gasteiger partial charge in [-0.3, -0.25) is 4.79 Å². The summed E-state index contributed by atoms with van der Waals surface area (Å²) in [4.78, 5) is 12.1. The van der Waals surface area contributed by atoms with E-state index in [2.05, 4.69) is 12.2 Å². The molecular weight excluding hydrogens is 252 g/mol. The monoisotopic (exact) mass is 276 g/mol. The van der Waals surface area contributed by atoms with E-state index in [9.17, 15) is 9.90 Å². The molecule has 0 spiro atoms. The predicted octanol–water partition coefficient (Wildman–Crippen LogP) is 2.92. The number of nitrogen functional groups attached to an aromatic ring is 1. The second-order valence-corrected chi connectivity index (χ2v) is 5.75. The average molecular weight is 276 g/mol. The molecule has 4 N–H and O–H groups in total. The molecule has 0 aliphatic heterocycles. The molecule has 1 saturated carbocycles. The maximum absolute atomic E-state index is 12.1. The summed E-state index contributed by atoms with van der Waals surface area (Å²) in [7, 11) is 0. The number of amides is 1. The Morgan fingerprint density at radius 3 is 2.60 bits per heavy atom. The molecule has 4 heteroatoms. The Morgan fingerprint density at radius 1 is 1.30 bits per heavy atom. The summed E-state index contributed by atoms with van der Waals surface area (Å²) in [6.07, 6.45) is 6.15. The molecule has 0 aromatic heterocycles. The van der Waals surface area contributed by atoms with Crippen molar-refractivity contribution in [2.24, 2.45) is 11.8 Å². The highest BCUT2D eigenvalue weighted by Gasteiger charge is 2.21. The van der Waals surface area contributed by atoms with Crippen LogP contribution in [0, 0.1) is 11.8 Å². The van der Waals surface area contributed by atoms with Gasteiger partial charge in [0.2, 0.25) is 0 Å². The van der Waals surface area contributed by atoms with E-state index >= 15 is 0 Å². The number of carbonyl (C=O) groups excluding carboxylic acids is 1. The number of benzene rings is 1. The SMILES string of the molecule is CCC1CCC(CNC(=O)c2cccc(N)c2O)CC1. The van der Waals surface area contributed by atoms with Gasteiger partial charge in [-0.25, -0.2) is 0 Å². The van der Waals surface area contributed by atoms with Gasteiger partial charge in [0, 0.05) is 6.54 Å². The van der Waals surface area contributed by atoms with Crippen LogP contribution in [0.25, 0.3) is 0 Å². The summed E-state index contributed by atoms with van der Waals surface area (Å²) in [5.74, 6) is 1.05. The molecule has 0 heterocycles. The zero-order valence-corrected chi connectivity index (χ0v) is 12.1. The molecule has 0 saturated heterocycles. The lowest BCUT2D eigenvalue weighted by Crippen LogP contribution is -2.31. The van der Waals surface area contributed by atoms with Gasteiger partial charge < -0.3 is 16.2 Å². The maximum Gasteiger partial charge on any atom is 0.255 e. The molecule has 1 fully saturated rings. The van der Waals surface area contributed by atoms with Crippen LogP contribution >= 0.6 is 0 Å². The van der Waals surface area contributed by atoms with Crippen LogP contribution in [0.2, 0.25) is 0 Å². The Hall–Kier alpha value is -1.71. The molecule has 0 bridgehead atoms. The van der Waals surface area contributed by atoms with Gasteiger partial charge in [0.15, 0.2) is 5.75 Å². The van der Waals surface area contributed by atoms with Crippen LogP contribution in [-0.4, -0.2) is 17.6 Å². The van der Waals surface area contributed by atoms with Gasteiger partial charge in [0.25, 0.3) is 5.91 Å². The minimum absolute atomic E-state index is 0.125. The minimum atomic E-state index is -0.243. The van der Waals surface area contributed by atoms with E-state index < -0.39 is 0 Å². The Balaban J connectivity index is 1.85. The molecule has 1 aliphatic rings. The van der Waals surface area contributed by atoms with Crippen molar-refractivity contribution in [3.05, 3.63) is 23.8 Å². The second-order valence-electron chi connectivity index (χ2n) is 5.75. The van der Waals surface area contributed by atoms with Crippen molar-refractivity contribution in [1.29, 1.82) is 0 Å². The third kappa shape index (κ3) is 3.44. The molecule has 1 aromatic rings. The quantitative estimate of drug-likeness (QED) is 0.584. The normalized spacial score (nSPS) is 22.4. The van der Waals surface area contributed by atoms with E-state index in [1.54, 1.807) is 18.2 Å². The average Bonchev–Trinajstić information content (AvgIpc) is 2.48. The van der Waals surface area contributed by atoms with Crippen molar-refractivity contribution < 1.29 is 9.90 Å². The highest BCUT2D eigenvalue weighted by molar-refractivity contribution is 5.98. The van der Waals surface area contributed by atoms with Crippen LogP contribution in [0.4, 0.5) is 5.69 Å². The molecule has 0 unspecified atom stereocenters. The summed E-state index contributed by atoms with van der Waals surface area (Å²) in [6, 6.07) is 4.85. The van der Waals surface area contributed by atoms with Crippen LogP contribution in [0.1, 0.15) is 49.4 Å². The van der Waals surface area contributed by atoms with Crippen LogP contribution < -0.4 is 11.1 Å². The molecule has 20 heavy (non-hydrogen) atoms. The third-order valence-electron chi connectivity index (χ3n) is 4.41. The van der Waals surface area contributed by atoms with Crippen molar-refractivity contribution in [2.45, 2.75) is 39.0 Å². The summed E-state index contributed by atoms with van der Waals surface area (Å²) >= 11 is 0. The smallest absolute Gasteiger partial charge is 0.255 e. The standard InChI is InChI=1S/C16H24N2O2/c1-2-11-6-8-12(9-7-11)10-18-16(20)13-4-3-5-14(17)15(13)19/h3-5,11-12,19H,2,6-10,17H2,1H3,(H,18,20). The summed E-state index contributed by atoms with van der Waals surface area (Å²) in [6.45, 7) is 2.93. The summed E-state index contributed by atoms with van der Waals surface area (Å²) in [5, 5.41) is 12.7. The first-order valence-corrected chi connectivity index (χ1v) is 7.47. The van der Waals surface area contributed by atoms with Crippen LogP contribution in [0.3, 0.4) is 0 Å². The molecule has 1 amide bonds. The van der Waals surface area contributed by atoms with Gasteiger partial charge in [0.1, 0.15) is 0 Å². The Kier molecular flexibility index (Phi) is 4.88. The highest BCUT2D eigenvalue weighted by Crippen LogP contribution is 2.30. The Morgan fingerprint density at radius 2 is 1.95 bits per heavy atom. The fourth-order valence-electron chi connectivity index (χ4n) is 2.92. The van der Waals surface area contributed by atoms with E-state index in [0.29, 0.717) is 12.5 Å². The topological polar surface area (TPSA) is 75.4 Å². The first-order chi connectivity index (χ1) is 9.61. The lowest BCUT2D eigenvalue weighted by Gasteiger charge is -2.27. The molecule has 1 aliphatic carbocycles. The minimum Gasteiger partial charge on any atom is -0.505 e. The Labute approximate surface area is 120 Å². The number of nitrogens with one attached hydrogen (secondary N) is 1. The Bertz CT molecular complexity index is 466. The van der Waals surface area contributed by atoms with E-state index in [1.807, 2.05) is 0 Å². The number of nitrogens with two attached hydrogens (primary N) is 1. The van der Waals surface area contributed by atoms with Crippen LogP contribution in [0.15, 0.2) is 18.2 Å². The first kappa shape index (κ1) is 14.7. The number of hydrogen-bond donors (Lipinski definition) is 3. The number of para-hydroxylation sites is 1. The van der Waals surface area contributed by atoms with Crippen molar-refractivity contribution in [3.63, 3.8) is 0 Å². The molecule has 0 radical (unpaired) electrons. The number of rotatable bonds is 4. The van der Waals surface area contributed by atoms with E-state index in [4.69, 9.17) is 5.73 Å². The lowest BCUT2D eigenvalue weighted by atomic mass is 9.81. The molecule has 2 rings (SSSR count). The van der Waals surface area contributed by atoms with Gasteiger partial charge in [-0.15, -0.1) is 0 Å². The van der Waals surface area contributed by atoms with Crippen molar-refractivity contribution in [3.8, 4) is 5.75 Å². The van der Waals surface area contributed by atoms with E-state index in [1.165, 1.54) is 32.1 Å². The fraction of sp³-hybridized carbons (Fsp3) is 0.562. The molecule has 110 valence electrons. The zero-order chi connectivity index (χ0) is 14.5. The maximum atomic E-state index is 12.1. The predicted molar refractivity (Wildman–Crippen MR) is 80.6 cm³/mol. The van der Waals surface area contributed by atoms with Gasteiger partial charge >= 0.3 is 0 Å². The van der Waals surface area contributed by atoms with Gasteiger partial charge in [-0.05, 0) is 36.8 Å². The molecule has 0 atom stereocenters. The molecule has 4 nitrogen and oxygen atoms in total. The van der Waals surface area contributed by atoms with Crippen molar-refractivity contribution in [1.82, 2.24) is 5.32 Å². The number of anilines is 1.